The highest BCUT2D eigenvalue weighted by atomic mass is 35.5. The van der Waals surface area contributed by atoms with Gasteiger partial charge in [0.25, 0.3) is 0 Å². The monoisotopic (exact) mass is 369 g/mol. The van der Waals surface area contributed by atoms with E-state index in [0.29, 0.717) is 5.75 Å². The average Bonchev–Trinajstić information content (AvgIpc) is 2.62. The number of carbonyl (C=O) groups is 1. The van der Waals surface area contributed by atoms with Gasteiger partial charge in [-0.2, -0.15) is 0 Å². The number of aromatic nitrogens is 1. The van der Waals surface area contributed by atoms with Crippen LogP contribution in [0.25, 0.3) is 11.3 Å². The van der Waals surface area contributed by atoms with Crippen LogP contribution in [-0.2, 0) is 4.79 Å². The Bertz CT molecular complexity index is 770. The van der Waals surface area contributed by atoms with Gasteiger partial charge in [-0.3, -0.25) is 9.78 Å². The highest BCUT2D eigenvalue weighted by Gasteiger charge is 2.55. The number of nitrogens with zero attached hydrogens (tertiary/aromatic N) is 1. The van der Waals surface area contributed by atoms with Gasteiger partial charge in [-0.25, -0.2) is 0 Å². The van der Waals surface area contributed by atoms with E-state index < -0.39 is 0 Å². The van der Waals surface area contributed by atoms with E-state index in [1.807, 2.05) is 42.5 Å². The Morgan fingerprint density at radius 2 is 1.54 bits per heavy atom. The molecule has 0 aliphatic heterocycles. The van der Waals surface area contributed by atoms with Crippen LogP contribution in [0.1, 0.15) is 38.5 Å². The van der Waals surface area contributed by atoms with E-state index >= 15 is 0 Å². The van der Waals surface area contributed by atoms with Crippen LogP contribution in [0.3, 0.4) is 0 Å². The summed E-state index contributed by atoms with van der Waals surface area (Å²) in [6, 6.07) is 13.7. The third-order valence-electron chi connectivity index (χ3n) is 6.49. The van der Waals surface area contributed by atoms with Crippen molar-refractivity contribution in [1.82, 2.24) is 4.98 Å². The normalized spacial score (nSPS) is 31.3. The molecule has 4 fully saturated rings. The van der Waals surface area contributed by atoms with E-state index in [9.17, 15) is 4.79 Å². The summed E-state index contributed by atoms with van der Waals surface area (Å²) in [5, 5.41) is 0. The summed E-state index contributed by atoms with van der Waals surface area (Å²) in [4.78, 5) is 17.7. The van der Waals surface area contributed by atoms with E-state index in [0.717, 1.165) is 48.3 Å². The van der Waals surface area contributed by atoms with Crippen LogP contribution in [0.5, 0.6) is 5.75 Å². The standard InChI is InChI=1S/C22H23NO2.ClH/c24-21(22-12-15-9-16(13-22)11-17(10-15)14-22)25-19-7-4-8-23-20(19)18-5-2-1-3-6-18;/h1-8,15-17H,9-14H2;1H. The number of hydrogen-bond acceptors (Lipinski definition) is 3. The molecule has 2 aromatic rings. The summed E-state index contributed by atoms with van der Waals surface area (Å²) >= 11 is 0. The first-order chi connectivity index (χ1) is 12.2. The lowest BCUT2D eigenvalue weighted by atomic mass is 9.49. The molecule has 4 heteroatoms. The summed E-state index contributed by atoms with van der Waals surface area (Å²) in [7, 11) is 0. The second-order valence-corrected chi connectivity index (χ2v) is 8.30. The van der Waals surface area contributed by atoms with Crippen LogP contribution in [0.2, 0.25) is 0 Å². The van der Waals surface area contributed by atoms with E-state index in [4.69, 9.17) is 4.74 Å². The van der Waals surface area contributed by atoms with Crippen molar-refractivity contribution in [2.75, 3.05) is 0 Å². The Morgan fingerprint density at radius 3 is 2.15 bits per heavy atom. The van der Waals surface area contributed by atoms with Crippen molar-refractivity contribution in [3.05, 3.63) is 48.7 Å². The van der Waals surface area contributed by atoms with Crippen molar-refractivity contribution in [2.45, 2.75) is 38.5 Å². The number of halogens is 1. The maximum atomic E-state index is 13.2. The van der Waals surface area contributed by atoms with Gasteiger partial charge >= 0.3 is 5.97 Å². The Hall–Kier alpha value is -1.87. The molecule has 6 rings (SSSR count). The second-order valence-electron chi connectivity index (χ2n) is 8.30. The molecule has 4 saturated carbocycles. The van der Waals surface area contributed by atoms with Crippen LogP contribution >= 0.6 is 12.4 Å². The summed E-state index contributed by atoms with van der Waals surface area (Å²) in [6.07, 6.45) is 8.82. The summed E-state index contributed by atoms with van der Waals surface area (Å²) in [5.74, 6) is 2.79. The van der Waals surface area contributed by atoms with Crippen molar-refractivity contribution in [2.24, 2.45) is 23.2 Å². The van der Waals surface area contributed by atoms with Crippen molar-refractivity contribution < 1.29 is 9.53 Å². The van der Waals surface area contributed by atoms with Gasteiger partial charge in [-0.15, -0.1) is 12.4 Å². The zero-order valence-corrected chi connectivity index (χ0v) is 15.6. The van der Waals surface area contributed by atoms with Crippen molar-refractivity contribution in [1.29, 1.82) is 0 Å². The Labute approximate surface area is 160 Å². The lowest BCUT2D eigenvalue weighted by molar-refractivity contribution is -0.161. The predicted octanol–water partition coefficient (Wildman–Crippen LogP) is 5.29. The molecule has 1 aromatic carbocycles. The summed E-state index contributed by atoms with van der Waals surface area (Å²) in [6.45, 7) is 0. The molecule has 0 unspecified atom stereocenters. The van der Waals surface area contributed by atoms with Crippen molar-refractivity contribution in [3.8, 4) is 17.0 Å². The minimum Gasteiger partial charge on any atom is -0.424 e. The zero-order chi connectivity index (χ0) is 16.9. The number of pyridine rings is 1. The molecule has 0 saturated heterocycles. The van der Waals surface area contributed by atoms with Crippen LogP contribution in [-0.4, -0.2) is 11.0 Å². The summed E-state index contributed by atoms with van der Waals surface area (Å²) in [5.41, 5.74) is 1.50. The summed E-state index contributed by atoms with van der Waals surface area (Å²) < 4.78 is 5.98. The Morgan fingerprint density at radius 1 is 0.923 bits per heavy atom. The number of esters is 1. The van der Waals surface area contributed by atoms with Crippen molar-refractivity contribution in [3.63, 3.8) is 0 Å². The number of rotatable bonds is 3. The third kappa shape index (κ3) is 2.92. The predicted molar refractivity (Wildman–Crippen MR) is 103 cm³/mol. The smallest absolute Gasteiger partial charge is 0.317 e. The fraction of sp³-hybridized carbons (Fsp3) is 0.455. The zero-order valence-electron chi connectivity index (χ0n) is 14.8. The third-order valence-corrected chi connectivity index (χ3v) is 6.49. The molecule has 1 heterocycles. The van der Waals surface area contributed by atoms with Crippen LogP contribution < -0.4 is 4.74 Å². The molecule has 3 nitrogen and oxygen atoms in total. The Kier molecular flexibility index (Phi) is 4.52. The average molecular weight is 370 g/mol. The largest absolute Gasteiger partial charge is 0.424 e. The second kappa shape index (κ2) is 6.70. The molecule has 1 aromatic heterocycles. The molecule has 0 N–H and O–H groups in total. The quantitative estimate of drug-likeness (QED) is 0.690. The van der Waals surface area contributed by atoms with E-state index in [2.05, 4.69) is 4.98 Å². The van der Waals surface area contributed by atoms with Crippen LogP contribution in [0, 0.1) is 23.2 Å². The molecule has 4 aliphatic rings. The van der Waals surface area contributed by atoms with E-state index in [1.54, 1.807) is 6.20 Å². The first kappa shape index (κ1) is 17.5. The maximum absolute atomic E-state index is 13.2. The number of benzene rings is 1. The molecule has 4 aliphatic carbocycles. The van der Waals surface area contributed by atoms with Gasteiger partial charge in [0.1, 0.15) is 5.69 Å². The topological polar surface area (TPSA) is 39.2 Å². The number of hydrogen-bond donors (Lipinski definition) is 0. The van der Waals surface area contributed by atoms with E-state index in [1.165, 1.54) is 19.3 Å². The fourth-order valence-corrected chi connectivity index (χ4v) is 5.85. The van der Waals surface area contributed by atoms with Gasteiger partial charge in [0.15, 0.2) is 5.75 Å². The van der Waals surface area contributed by atoms with Gasteiger partial charge in [0.2, 0.25) is 0 Å². The number of carbonyl (C=O) groups excluding carboxylic acids is 1. The minimum absolute atomic E-state index is 0. The first-order valence-electron chi connectivity index (χ1n) is 9.45. The van der Waals surface area contributed by atoms with Crippen molar-refractivity contribution >= 4 is 18.4 Å². The van der Waals surface area contributed by atoms with Gasteiger partial charge in [0, 0.05) is 11.8 Å². The molecule has 0 amide bonds. The molecule has 26 heavy (non-hydrogen) atoms. The molecular weight excluding hydrogens is 346 g/mol. The Balaban J connectivity index is 0.00000168. The molecule has 0 radical (unpaired) electrons. The van der Waals surface area contributed by atoms with Gasteiger partial charge < -0.3 is 4.74 Å². The molecule has 4 bridgehead atoms. The number of ether oxygens (including phenoxy) is 1. The highest BCUT2D eigenvalue weighted by Crippen LogP contribution is 2.60. The minimum atomic E-state index is -0.238. The highest BCUT2D eigenvalue weighted by molar-refractivity contribution is 5.85. The molecule has 0 spiro atoms. The van der Waals surface area contributed by atoms with Gasteiger partial charge in [0.05, 0.1) is 5.41 Å². The first-order valence-corrected chi connectivity index (χ1v) is 9.45. The lowest BCUT2D eigenvalue weighted by Gasteiger charge is -2.55. The maximum Gasteiger partial charge on any atom is 0.317 e. The van der Waals surface area contributed by atoms with E-state index in [-0.39, 0.29) is 23.8 Å². The fourth-order valence-electron chi connectivity index (χ4n) is 5.85. The van der Waals surface area contributed by atoms with Crippen LogP contribution in [0.4, 0.5) is 0 Å². The molecule has 0 atom stereocenters. The van der Waals surface area contributed by atoms with Gasteiger partial charge in [-0.05, 0) is 68.4 Å². The SMILES string of the molecule is Cl.O=C(Oc1cccnc1-c1ccccc1)C12CC3CC(CC(C3)C1)C2. The molecular formula is C22H24ClNO2. The van der Waals surface area contributed by atoms with Gasteiger partial charge in [-0.1, -0.05) is 30.3 Å². The van der Waals surface area contributed by atoms with Crippen LogP contribution in [0.15, 0.2) is 48.7 Å². The lowest BCUT2D eigenvalue weighted by Crippen LogP contribution is -2.51. The molecule has 136 valence electrons.